The van der Waals surface area contributed by atoms with Gasteiger partial charge in [0, 0.05) is 29.9 Å². The van der Waals surface area contributed by atoms with E-state index in [1.807, 2.05) is 37.3 Å². The number of carbonyl (C=O) groups excluding carboxylic acids is 2. The van der Waals surface area contributed by atoms with Gasteiger partial charge >= 0.3 is 11.8 Å². The molecule has 1 fully saturated rings. The molecule has 2 aliphatic rings. The van der Waals surface area contributed by atoms with Crippen molar-refractivity contribution in [3.8, 4) is 23.0 Å². The summed E-state index contributed by atoms with van der Waals surface area (Å²) in [6, 6.07) is 12.8. The first kappa shape index (κ1) is 31.8. The van der Waals surface area contributed by atoms with Crippen LogP contribution in [0.5, 0.6) is 23.0 Å². The number of methoxy groups -OCH3 is 1. The summed E-state index contributed by atoms with van der Waals surface area (Å²) >= 11 is 0. The number of pyridine rings is 1. The van der Waals surface area contributed by atoms with Crippen LogP contribution in [0.2, 0.25) is 0 Å². The average Bonchev–Trinajstić information content (AvgIpc) is 3.06. The predicted octanol–water partition coefficient (Wildman–Crippen LogP) is 4.03. The summed E-state index contributed by atoms with van der Waals surface area (Å²) in [5, 5.41) is 9.06. The Kier molecular flexibility index (Phi) is 10.9. The van der Waals surface area contributed by atoms with Crippen molar-refractivity contribution in [3.05, 3.63) is 78.1 Å². The maximum absolute atomic E-state index is 15.2. The first-order valence-electron chi connectivity index (χ1n) is 15.3. The van der Waals surface area contributed by atoms with Crippen LogP contribution in [0, 0.1) is 5.92 Å². The Hall–Kier alpha value is -4.64. The molecule has 1 aromatic heterocycles. The van der Waals surface area contributed by atoms with E-state index < -0.39 is 24.1 Å². The number of para-hydroxylation sites is 1. The van der Waals surface area contributed by atoms with E-state index >= 15 is 4.39 Å². The quantitative estimate of drug-likeness (QED) is 0.261. The van der Waals surface area contributed by atoms with Crippen molar-refractivity contribution in [2.45, 2.75) is 38.5 Å². The van der Waals surface area contributed by atoms with E-state index in [4.69, 9.17) is 18.9 Å². The second kappa shape index (κ2) is 15.4. The molecule has 2 aromatic carbocycles. The molecule has 0 bridgehead atoms. The SMILES string of the molecule is CCOc1ccccc1CCNC(=O)C(=O)NC1=CC(F)C(Oc2ccnc3cc(OCC4CCNCC4)c(OC)cc23)C=C1. The summed E-state index contributed by atoms with van der Waals surface area (Å²) in [6.45, 7) is 5.23. The lowest BCUT2D eigenvalue weighted by atomic mass is 9.99. The third-order valence-corrected chi connectivity index (χ3v) is 7.72. The minimum Gasteiger partial charge on any atom is -0.494 e. The number of rotatable bonds is 12. The summed E-state index contributed by atoms with van der Waals surface area (Å²) in [5.41, 5.74) is 1.71. The van der Waals surface area contributed by atoms with Gasteiger partial charge < -0.3 is 34.9 Å². The highest BCUT2D eigenvalue weighted by molar-refractivity contribution is 6.35. The van der Waals surface area contributed by atoms with Crippen molar-refractivity contribution in [3.63, 3.8) is 0 Å². The molecule has 238 valence electrons. The van der Waals surface area contributed by atoms with Gasteiger partial charge in [-0.05, 0) is 87.2 Å². The summed E-state index contributed by atoms with van der Waals surface area (Å²) in [6.07, 6.45) is 5.89. The van der Waals surface area contributed by atoms with Gasteiger partial charge in [0.2, 0.25) is 0 Å². The molecular weight excluding hydrogens is 579 g/mol. The van der Waals surface area contributed by atoms with E-state index in [-0.39, 0.29) is 12.2 Å². The molecule has 2 heterocycles. The monoisotopic (exact) mass is 618 g/mol. The molecular formula is C34H39FN4O6. The van der Waals surface area contributed by atoms with Gasteiger partial charge in [0.1, 0.15) is 11.5 Å². The van der Waals surface area contributed by atoms with Gasteiger partial charge in [-0.1, -0.05) is 18.2 Å². The molecule has 2 amide bonds. The number of fused-ring (bicyclic) bond motifs is 1. The third kappa shape index (κ3) is 8.30. The zero-order chi connectivity index (χ0) is 31.6. The van der Waals surface area contributed by atoms with Crippen molar-refractivity contribution < 1.29 is 32.9 Å². The highest BCUT2D eigenvalue weighted by Crippen LogP contribution is 2.37. The first-order chi connectivity index (χ1) is 21.9. The molecule has 0 spiro atoms. The maximum Gasteiger partial charge on any atom is 0.313 e. The Labute approximate surface area is 262 Å². The van der Waals surface area contributed by atoms with Crippen LogP contribution in [-0.4, -0.2) is 69.0 Å². The fourth-order valence-corrected chi connectivity index (χ4v) is 5.31. The molecule has 0 radical (unpaired) electrons. The van der Waals surface area contributed by atoms with Crippen LogP contribution in [0.3, 0.4) is 0 Å². The molecule has 45 heavy (non-hydrogen) atoms. The summed E-state index contributed by atoms with van der Waals surface area (Å²) < 4.78 is 38.6. The summed E-state index contributed by atoms with van der Waals surface area (Å²) in [5.74, 6) is 1.06. The van der Waals surface area contributed by atoms with E-state index in [9.17, 15) is 9.59 Å². The molecule has 3 N–H and O–H groups in total. The largest absolute Gasteiger partial charge is 0.494 e. The van der Waals surface area contributed by atoms with Gasteiger partial charge in [-0.15, -0.1) is 0 Å². The molecule has 10 nitrogen and oxygen atoms in total. The van der Waals surface area contributed by atoms with Gasteiger partial charge in [-0.25, -0.2) is 4.39 Å². The fraction of sp³-hybridized carbons (Fsp3) is 0.382. The standard InChI is InChI=1S/C34H39FN4O6/c1-3-43-28-7-5-4-6-23(28)12-16-38-33(40)34(41)39-24-8-9-30(26(35)18-24)45-29-13-17-37-27-20-32(31(42-2)19-25(27)29)44-21-22-10-14-36-15-11-22/h4-9,13,17-20,22,26,30,36H,3,10-12,14-16,21H2,1-2H3,(H,38,40)(H,39,41). The van der Waals surface area contributed by atoms with Crippen molar-refractivity contribution in [2.75, 3.05) is 40.0 Å². The molecule has 3 aromatic rings. The van der Waals surface area contributed by atoms with Crippen molar-refractivity contribution >= 4 is 22.7 Å². The highest BCUT2D eigenvalue weighted by Gasteiger charge is 2.25. The smallest absolute Gasteiger partial charge is 0.313 e. The molecule has 5 rings (SSSR count). The number of benzene rings is 2. The number of nitrogens with zero attached hydrogens (tertiary/aromatic N) is 1. The molecule has 1 aliphatic carbocycles. The minimum atomic E-state index is -1.58. The zero-order valence-electron chi connectivity index (χ0n) is 25.5. The van der Waals surface area contributed by atoms with Gasteiger partial charge in [-0.2, -0.15) is 0 Å². The number of hydrogen-bond acceptors (Lipinski definition) is 8. The number of hydrogen-bond donors (Lipinski definition) is 3. The van der Waals surface area contributed by atoms with E-state index in [1.165, 1.54) is 18.2 Å². The lowest BCUT2D eigenvalue weighted by molar-refractivity contribution is -0.138. The number of halogens is 1. The number of alkyl halides is 1. The Morgan fingerprint density at radius 2 is 1.84 bits per heavy atom. The molecule has 1 aliphatic heterocycles. The minimum absolute atomic E-state index is 0.168. The predicted molar refractivity (Wildman–Crippen MR) is 168 cm³/mol. The van der Waals surface area contributed by atoms with E-state index in [0.717, 1.165) is 37.2 Å². The normalized spacial score (nSPS) is 18.2. The number of carbonyl (C=O) groups is 2. The molecule has 0 saturated carbocycles. The van der Waals surface area contributed by atoms with E-state index in [0.29, 0.717) is 53.7 Å². The van der Waals surface area contributed by atoms with Crippen LogP contribution >= 0.6 is 0 Å². The van der Waals surface area contributed by atoms with Crippen LogP contribution in [0.15, 0.2) is 72.6 Å². The Morgan fingerprint density at radius 3 is 2.62 bits per heavy atom. The first-order valence-corrected chi connectivity index (χ1v) is 15.3. The van der Waals surface area contributed by atoms with E-state index in [2.05, 4.69) is 20.9 Å². The number of amides is 2. The number of aromatic nitrogens is 1. The van der Waals surface area contributed by atoms with Crippen LogP contribution < -0.4 is 34.9 Å². The van der Waals surface area contributed by atoms with Gasteiger partial charge in [-0.3, -0.25) is 14.6 Å². The maximum atomic E-state index is 15.2. The van der Waals surface area contributed by atoms with Gasteiger partial charge in [0.25, 0.3) is 0 Å². The number of allylic oxidation sites excluding steroid dienone is 1. The number of piperidine rings is 1. The average molecular weight is 619 g/mol. The Morgan fingerprint density at radius 1 is 1.02 bits per heavy atom. The van der Waals surface area contributed by atoms with E-state index in [1.54, 1.807) is 25.4 Å². The molecule has 1 saturated heterocycles. The van der Waals surface area contributed by atoms with Crippen molar-refractivity contribution in [1.82, 2.24) is 20.9 Å². The Bertz CT molecular complexity index is 1550. The topological polar surface area (TPSA) is 120 Å². The summed E-state index contributed by atoms with van der Waals surface area (Å²) in [7, 11) is 1.57. The molecule has 11 heteroatoms. The summed E-state index contributed by atoms with van der Waals surface area (Å²) in [4.78, 5) is 29.3. The fourth-order valence-electron chi connectivity index (χ4n) is 5.31. The lowest BCUT2D eigenvalue weighted by Crippen LogP contribution is -2.41. The second-order valence-corrected chi connectivity index (χ2v) is 10.8. The van der Waals surface area contributed by atoms with Crippen LogP contribution in [0.25, 0.3) is 10.9 Å². The van der Waals surface area contributed by atoms with Crippen LogP contribution in [0.4, 0.5) is 4.39 Å². The van der Waals surface area contributed by atoms with Crippen LogP contribution in [-0.2, 0) is 16.0 Å². The molecule has 2 atom stereocenters. The second-order valence-electron chi connectivity index (χ2n) is 10.8. The van der Waals surface area contributed by atoms with Gasteiger partial charge in [0.05, 0.1) is 25.8 Å². The van der Waals surface area contributed by atoms with Crippen molar-refractivity contribution in [2.24, 2.45) is 5.92 Å². The van der Waals surface area contributed by atoms with Gasteiger partial charge in [0.15, 0.2) is 23.8 Å². The zero-order valence-corrected chi connectivity index (χ0v) is 25.5. The number of ether oxygens (including phenoxy) is 4. The van der Waals surface area contributed by atoms with Crippen LogP contribution in [0.1, 0.15) is 25.3 Å². The molecule has 2 unspecified atom stereocenters. The number of nitrogens with one attached hydrogen (secondary N) is 3. The third-order valence-electron chi connectivity index (χ3n) is 7.72. The van der Waals surface area contributed by atoms with Crippen molar-refractivity contribution in [1.29, 1.82) is 0 Å². The Balaban J connectivity index is 1.16. The lowest BCUT2D eigenvalue weighted by Gasteiger charge is -2.24. The highest BCUT2D eigenvalue weighted by atomic mass is 19.1.